The molecule has 4 aromatic rings. The van der Waals surface area contributed by atoms with Gasteiger partial charge in [-0.2, -0.15) is 0 Å². The van der Waals surface area contributed by atoms with Crippen LogP contribution in [0.15, 0.2) is 42.9 Å². The summed E-state index contributed by atoms with van der Waals surface area (Å²) in [4.78, 5) is 14.3. The van der Waals surface area contributed by atoms with Crippen LogP contribution in [0.2, 0.25) is 5.02 Å². The summed E-state index contributed by atoms with van der Waals surface area (Å²) in [6.07, 6.45) is 3.68. The molecule has 2 aromatic carbocycles. The third-order valence-electron chi connectivity index (χ3n) is 7.56. The molecule has 2 fully saturated rings. The van der Waals surface area contributed by atoms with E-state index in [9.17, 15) is 0 Å². The van der Waals surface area contributed by atoms with Crippen LogP contribution in [-0.4, -0.2) is 83.9 Å². The van der Waals surface area contributed by atoms with E-state index >= 15 is 0 Å². The highest BCUT2D eigenvalue weighted by atomic mass is 35.5. The van der Waals surface area contributed by atoms with E-state index in [0.717, 1.165) is 85.2 Å². The number of piperazine rings is 1. The lowest BCUT2D eigenvalue weighted by molar-refractivity contribution is 0.0323. The van der Waals surface area contributed by atoms with Crippen LogP contribution >= 0.6 is 11.6 Å². The zero-order valence-electron chi connectivity index (χ0n) is 22.8. The molecule has 39 heavy (non-hydrogen) atoms. The summed E-state index contributed by atoms with van der Waals surface area (Å²) in [5.74, 6) is 1.55. The number of anilines is 3. The fraction of sp³-hybridized carbons (Fsp3) is 0.448. The largest absolute Gasteiger partial charge is 0.490 e. The molecule has 2 atom stereocenters. The number of hydrogen-bond donors (Lipinski definition) is 2. The van der Waals surface area contributed by atoms with Crippen molar-refractivity contribution in [1.29, 1.82) is 0 Å². The lowest BCUT2D eigenvalue weighted by Gasteiger charge is -2.38. The van der Waals surface area contributed by atoms with Gasteiger partial charge >= 0.3 is 0 Å². The Bertz CT molecular complexity index is 1440. The van der Waals surface area contributed by atoms with Crippen LogP contribution in [0.25, 0.3) is 16.6 Å². The van der Waals surface area contributed by atoms with Gasteiger partial charge in [-0.1, -0.05) is 23.7 Å². The number of para-hydroxylation sites is 1. The van der Waals surface area contributed by atoms with Gasteiger partial charge in [-0.3, -0.25) is 9.30 Å². The zero-order chi connectivity index (χ0) is 26.9. The molecule has 6 rings (SSSR count). The predicted octanol–water partition coefficient (Wildman–Crippen LogP) is 4.49. The van der Waals surface area contributed by atoms with Crippen LogP contribution in [0.5, 0.6) is 5.75 Å². The molecule has 4 heterocycles. The van der Waals surface area contributed by atoms with Crippen molar-refractivity contribution in [2.75, 3.05) is 62.8 Å². The second-order valence-corrected chi connectivity index (χ2v) is 11.1. The van der Waals surface area contributed by atoms with Crippen LogP contribution in [0.1, 0.15) is 19.4 Å². The molecule has 0 bridgehead atoms. The minimum absolute atomic E-state index is 0.377. The highest BCUT2D eigenvalue weighted by Gasteiger charge is 2.25. The molecule has 2 N–H and O–H groups in total. The molecule has 0 spiro atoms. The number of imidazole rings is 1. The lowest BCUT2D eigenvalue weighted by Crippen LogP contribution is -2.54. The van der Waals surface area contributed by atoms with Crippen LogP contribution in [0, 0.1) is 6.92 Å². The van der Waals surface area contributed by atoms with Crippen LogP contribution in [-0.2, 0) is 4.74 Å². The number of aromatic nitrogens is 3. The number of hydrogen-bond acceptors (Lipinski definition) is 8. The predicted molar refractivity (Wildman–Crippen MR) is 157 cm³/mol. The number of ether oxygens (including phenoxy) is 2. The van der Waals surface area contributed by atoms with Gasteiger partial charge in [-0.25, -0.2) is 9.97 Å². The zero-order valence-corrected chi connectivity index (χ0v) is 23.5. The highest BCUT2D eigenvalue weighted by Crippen LogP contribution is 2.37. The smallest absolute Gasteiger partial charge is 0.157 e. The Balaban J connectivity index is 1.40. The topological polar surface area (TPSA) is 79.2 Å². The summed E-state index contributed by atoms with van der Waals surface area (Å²) in [7, 11) is 0. The maximum absolute atomic E-state index is 6.54. The van der Waals surface area contributed by atoms with Crippen molar-refractivity contribution in [1.82, 2.24) is 24.6 Å². The normalized spacial score (nSPS) is 20.6. The molecule has 206 valence electrons. The first kappa shape index (κ1) is 26.1. The first-order valence-corrected chi connectivity index (χ1v) is 14.1. The van der Waals surface area contributed by atoms with Crippen molar-refractivity contribution < 1.29 is 9.47 Å². The van der Waals surface area contributed by atoms with Crippen molar-refractivity contribution in [3.05, 3.63) is 53.4 Å². The van der Waals surface area contributed by atoms with Gasteiger partial charge in [-0.15, -0.1) is 0 Å². The van der Waals surface area contributed by atoms with E-state index in [4.69, 9.17) is 26.1 Å². The van der Waals surface area contributed by atoms with E-state index in [2.05, 4.69) is 55.8 Å². The summed E-state index contributed by atoms with van der Waals surface area (Å²) in [5.41, 5.74) is 5.68. The number of fused-ring (bicyclic) bond motifs is 3. The van der Waals surface area contributed by atoms with Gasteiger partial charge in [0.25, 0.3) is 0 Å². The van der Waals surface area contributed by atoms with Crippen molar-refractivity contribution >= 4 is 45.3 Å². The van der Waals surface area contributed by atoms with Gasteiger partial charge in [-0.05, 0) is 38.5 Å². The maximum atomic E-state index is 6.54. The van der Waals surface area contributed by atoms with E-state index in [1.54, 1.807) is 0 Å². The molecule has 0 radical (unpaired) electrons. The van der Waals surface area contributed by atoms with Crippen LogP contribution in [0.4, 0.5) is 17.2 Å². The average molecular weight is 550 g/mol. The van der Waals surface area contributed by atoms with Gasteiger partial charge in [0.05, 0.1) is 53.2 Å². The van der Waals surface area contributed by atoms with Crippen molar-refractivity contribution in [3.8, 4) is 5.75 Å². The molecule has 2 unspecified atom stereocenters. The molecule has 0 saturated carbocycles. The summed E-state index contributed by atoms with van der Waals surface area (Å²) in [6, 6.07) is 10.9. The summed E-state index contributed by atoms with van der Waals surface area (Å²) < 4.78 is 14.1. The number of benzene rings is 2. The fourth-order valence-electron chi connectivity index (χ4n) is 5.67. The monoisotopic (exact) mass is 549 g/mol. The van der Waals surface area contributed by atoms with E-state index < -0.39 is 0 Å². The molecule has 10 heteroatoms. The van der Waals surface area contributed by atoms with Gasteiger partial charge in [0.15, 0.2) is 5.82 Å². The third kappa shape index (κ3) is 5.49. The lowest BCUT2D eigenvalue weighted by atomic mass is 10.1. The van der Waals surface area contributed by atoms with Crippen LogP contribution < -0.4 is 20.3 Å². The quantitative estimate of drug-likeness (QED) is 0.349. The van der Waals surface area contributed by atoms with Gasteiger partial charge in [0, 0.05) is 50.9 Å². The molecule has 2 saturated heterocycles. The first-order chi connectivity index (χ1) is 19.0. The second-order valence-electron chi connectivity index (χ2n) is 10.7. The Labute approximate surface area is 234 Å². The maximum Gasteiger partial charge on any atom is 0.157 e. The van der Waals surface area contributed by atoms with Crippen LogP contribution in [0.3, 0.4) is 0 Å². The molecule has 2 aliphatic rings. The van der Waals surface area contributed by atoms with Gasteiger partial charge in [0.2, 0.25) is 0 Å². The van der Waals surface area contributed by atoms with E-state index in [-0.39, 0.29) is 0 Å². The van der Waals surface area contributed by atoms with E-state index in [1.807, 2.05) is 37.6 Å². The molecule has 2 aromatic heterocycles. The van der Waals surface area contributed by atoms with Crippen molar-refractivity contribution in [2.24, 2.45) is 0 Å². The minimum atomic E-state index is 0.377. The Kier molecular flexibility index (Phi) is 7.49. The highest BCUT2D eigenvalue weighted by molar-refractivity contribution is 6.33. The molecule has 0 aliphatic carbocycles. The standard InChI is InChI=1S/C29H36ClN7O2/c1-19-5-4-6-22(30)28(19)34-29-26-15-31-18-37(26)24-14-25(36-16-20(2)32-21(3)17-36)27(13-23(24)33-29)39-12-9-35-7-10-38-11-8-35/h4-6,13-15,18,20-21,32H,7-12,16-17H2,1-3H3,(H,33,34). The Morgan fingerprint density at radius 3 is 2.69 bits per heavy atom. The van der Waals surface area contributed by atoms with Gasteiger partial charge in [0.1, 0.15) is 17.9 Å². The molecular weight excluding hydrogens is 514 g/mol. The number of nitrogens with zero attached hydrogens (tertiary/aromatic N) is 5. The summed E-state index contributed by atoms with van der Waals surface area (Å²) in [6.45, 7) is 13.2. The number of rotatable bonds is 7. The third-order valence-corrected chi connectivity index (χ3v) is 7.88. The number of morpholine rings is 1. The van der Waals surface area contributed by atoms with E-state index in [1.165, 1.54) is 0 Å². The summed E-state index contributed by atoms with van der Waals surface area (Å²) in [5, 5.41) is 7.77. The molecule has 2 aliphatic heterocycles. The number of aryl methyl sites for hydroxylation is 1. The number of halogens is 1. The Morgan fingerprint density at radius 2 is 1.92 bits per heavy atom. The first-order valence-electron chi connectivity index (χ1n) is 13.7. The molecule has 9 nitrogen and oxygen atoms in total. The summed E-state index contributed by atoms with van der Waals surface area (Å²) >= 11 is 6.54. The Hall–Kier alpha value is -3.11. The Morgan fingerprint density at radius 1 is 1.13 bits per heavy atom. The molecular formula is C29H36ClN7O2. The fourth-order valence-corrected chi connectivity index (χ4v) is 5.93. The molecule has 0 amide bonds. The average Bonchev–Trinajstić information content (AvgIpc) is 3.41. The second kappa shape index (κ2) is 11.2. The SMILES string of the molecule is Cc1cccc(Cl)c1Nc1nc2cc(OCCN3CCOCC3)c(N3CC(C)NC(C)C3)cc2n2cncc12. The van der Waals surface area contributed by atoms with Crippen molar-refractivity contribution in [3.63, 3.8) is 0 Å². The van der Waals surface area contributed by atoms with E-state index in [0.29, 0.717) is 29.5 Å². The van der Waals surface area contributed by atoms with Gasteiger partial charge < -0.3 is 25.0 Å². The number of nitrogens with one attached hydrogen (secondary N) is 2. The minimum Gasteiger partial charge on any atom is -0.490 e. The van der Waals surface area contributed by atoms with Crippen molar-refractivity contribution in [2.45, 2.75) is 32.9 Å².